The van der Waals surface area contributed by atoms with Crippen molar-refractivity contribution < 1.29 is 19.8 Å². The van der Waals surface area contributed by atoms with Crippen LogP contribution >= 0.6 is 0 Å². The SMILES string of the molecule is C[C@@H](/C=C/CCn1cc(CCO)nn1)[C@]1(O)C(=O)N(C)c2ccc(N3C(=O)c4cccc5cccc3c45)cc21. The van der Waals surface area contributed by atoms with Gasteiger partial charge in [-0.05, 0) is 42.1 Å². The van der Waals surface area contributed by atoms with Crippen LogP contribution in [0.5, 0.6) is 0 Å². The van der Waals surface area contributed by atoms with Crippen LogP contribution in [0.15, 0.2) is 72.9 Å². The zero-order valence-electron chi connectivity index (χ0n) is 21.8. The average Bonchev–Trinajstić information content (AvgIpc) is 3.57. The molecule has 2 N–H and O–H groups in total. The van der Waals surface area contributed by atoms with E-state index >= 15 is 0 Å². The minimum absolute atomic E-state index is 0.0227. The maximum atomic E-state index is 13.5. The number of likely N-dealkylation sites (N-methyl/N-ethyl adjacent to an activating group) is 1. The lowest BCUT2D eigenvalue weighted by Gasteiger charge is -2.27. The number of allylic oxidation sites excluding steroid dienone is 1. The summed E-state index contributed by atoms with van der Waals surface area (Å²) in [6.07, 6.45) is 6.65. The smallest absolute Gasteiger partial charge is 0.264 e. The molecule has 2 amide bonds. The maximum Gasteiger partial charge on any atom is 0.264 e. The molecule has 1 aromatic heterocycles. The van der Waals surface area contributed by atoms with Crippen molar-refractivity contribution in [1.82, 2.24) is 15.0 Å². The first-order chi connectivity index (χ1) is 18.8. The highest BCUT2D eigenvalue weighted by Crippen LogP contribution is 2.48. The van der Waals surface area contributed by atoms with Gasteiger partial charge in [0.05, 0.1) is 22.6 Å². The van der Waals surface area contributed by atoms with E-state index in [2.05, 4.69) is 10.3 Å². The number of carbonyl (C=O) groups excluding carboxylic acids is 2. The van der Waals surface area contributed by atoms with Gasteiger partial charge in [0.15, 0.2) is 5.60 Å². The Morgan fingerprint density at radius 1 is 1.08 bits per heavy atom. The van der Waals surface area contributed by atoms with Crippen LogP contribution in [-0.2, 0) is 23.4 Å². The molecule has 6 rings (SSSR count). The van der Waals surface area contributed by atoms with Crippen LogP contribution in [-0.4, -0.2) is 50.7 Å². The van der Waals surface area contributed by atoms with E-state index in [9.17, 15) is 14.7 Å². The number of aliphatic hydroxyl groups is 2. The highest BCUT2D eigenvalue weighted by atomic mass is 16.3. The number of aromatic nitrogens is 3. The van der Waals surface area contributed by atoms with Crippen LogP contribution in [0, 0.1) is 5.92 Å². The molecular weight excluding hydrogens is 494 g/mol. The Morgan fingerprint density at radius 3 is 2.67 bits per heavy atom. The van der Waals surface area contributed by atoms with Crippen LogP contribution in [0.4, 0.5) is 17.1 Å². The zero-order chi connectivity index (χ0) is 27.3. The van der Waals surface area contributed by atoms with Gasteiger partial charge in [-0.15, -0.1) is 5.10 Å². The van der Waals surface area contributed by atoms with E-state index in [1.54, 1.807) is 35.0 Å². The number of rotatable bonds is 8. The second kappa shape index (κ2) is 9.44. The number of amides is 2. The van der Waals surface area contributed by atoms with E-state index in [-0.39, 0.29) is 12.5 Å². The predicted octanol–water partition coefficient (Wildman–Crippen LogP) is 3.70. The van der Waals surface area contributed by atoms with Crippen molar-refractivity contribution in [3.05, 3.63) is 89.8 Å². The molecule has 0 radical (unpaired) electrons. The summed E-state index contributed by atoms with van der Waals surface area (Å²) in [5, 5.41) is 30.9. The first-order valence-corrected chi connectivity index (χ1v) is 13.0. The molecule has 2 aliphatic rings. The maximum absolute atomic E-state index is 13.5. The van der Waals surface area contributed by atoms with Gasteiger partial charge in [-0.3, -0.25) is 19.2 Å². The Bertz CT molecular complexity index is 1640. The summed E-state index contributed by atoms with van der Waals surface area (Å²) in [5.41, 5.74) is 2.08. The number of nitrogens with zero attached hydrogens (tertiary/aromatic N) is 5. The number of anilines is 3. The van der Waals surface area contributed by atoms with Gasteiger partial charge in [0.1, 0.15) is 0 Å². The first kappa shape index (κ1) is 25.0. The van der Waals surface area contributed by atoms with Crippen LogP contribution in [0.25, 0.3) is 10.8 Å². The monoisotopic (exact) mass is 523 g/mol. The summed E-state index contributed by atoms with van der Waals surface area (Å²) >= 11 is 0. The van der Waals surface area contributed by atoms with Gasteiger partial charge in [0.2, 0.25) is 0 Å². The highest BCUT2D eigenvalue weighted by molar-refractivity contribution is 6.28. The van der Waals surface area contributed by atoms with Crippen LogP contribution in [0.3, 0.4) is 0 Å². The molecule has 0 saturated heterocycles. The van der Waals surface area contributed by atoms with Gasteiger partial charge in [0, 0.05) is 55.4 Å². The van der Waals surface area contributed by atoms with Crippen molar-refractivity contribution in [2.45, 2.75) is 31.9 Å². The Labute approximate surface area is 225 Å². The number of fused-ring (bicyclic) bond motifs is 1. The second-order valence-corrected chi connectivity index (χ2v) is 10.1. The summed E-state index contributed by atoms with van der Waals surface area (Å²) in [6, 6.07) is 16.9. The standard InChI is InChI=1S/C30H29N5O4/c1-19(7-3-4-15-34-18-21(14-16-36)31-32-34)30(39)24-17-22(12-13-25(24)33(2)29(30)38)35-26-11-6-9-20-8-5-10-23(27(20)26)28(35)37/h3,5-13,17-19,36,39H,4,14-16H2,1-2H3/b7-3+/t19-,30+/m0/s1. The summed E-state index contributed by atoms with van der Waals surface area (Å²) in [6.45, 7) is 2.42. The second-order valence-electron chi connectivity index (χ2n) is 10.1. The number of benzene rings is 3. The van der Waals surface area contributed by atoms with Gasteiger partial charge in [0.25, 0.3) is 11.8 Å². The third-order valence-electron chi connectivity index (χ3n) is 7.76. The van der Waals surface area contributed by atoms with Gasteiger partial charge < -0.3 is 15.1 Å². The Hall–Kier alpha value is -4.34. The summed E-state index contributed by atoms with van der Waals surface area (Å²) in [5.74, 6) is -1.07. The largest absolute Gasteiger partial charge is 0.396 e. The fraction of sp³-hybridized carbons (Fsp3) is 0.267. The zero-order valence-corrected chi connectivity index (χ0v) is 21.8. The van der Waals surface area contributed by atoms with Crippen molar-refractivity contribution in [1.29, 1.82) is 0 Å². The quantitative estimate of drug-likeness (QED) is 0.341. The molecule has 39 heavy (non-hydrogen) atoms. The normalized spacial score (nSPS) is 19.1. The molecule has 0 aliphatic carbocycles. The first-order valence-electron chi connectivity index (χ1n) is 13.0. The minimum atomic E-state index is -1.78. The lowest BCUT2D eigenvalue weighted by molar-refractivity contribution is -0.139. The Balaban J connectivity index is 1.29. The molecule has 9 heteroatoms. The van der Waals surface area contributed by atoms with Crippen molar-refractivity contribution in [2.24, 2.45) is 5.92 Å². The lowest BCUT2D eigenvalue weighted by Crippen LogP contribution is -2.43. The average molecular weight is 524 g/mol. The van der Waals surface area contributed by atoms with E-state index in [0.717, 1.165) is 22.2 Å². The minimum Gasteiger partial charge on any atom is -0.396 e. The van der Waals surface area contributed by atoms with Gasteiger partial charge in [-0.25, -0.2) is 0 Å². The van der Waals surface area contributed by atoms with E-state index in [1.807, 2.05) is 61.5 Å². The number of aliphatic hydroxyl groups excluding tert-OH is 1. The van der Waals surface area contributed by atoms with Crippen LogP contribution < -0.4 is 9.80 Å². The molecule has 3 heterocycles. The summed E-state index contributed by atoms with van der Waals surface area (Å²) in [7, 11) is 1.65. The molecule has 198 valence electrons. The number of carbonyl (C=O) groups is 2. The fourth-order valence-corrected chi connectivity index (χ4v) is 5.68. The third kappa shape index (κ3) is 3.85. The number of hydrogen-bond donors (Lipinski definition) is 2. The number of hydrogen-bond acceptors (Lipinski definition) is 6. The fourth-order valence-electron chi connectivity index (χ4n) is 5.68. The van der Waals surface area contributed by atoms with Crippen molar-refractivity contribution in [2.75, 3.05) is 23.5 Å². The molecular formula is C30H29N5O4. The van der Waals surface area contributed by atoms with Crippen molar-refractivity contribution in [3.63, 3.8) is 0 Å². The van der Waals surface area contributed by atoms with E-state index in [4.69, 9.17) is 5.11 Å². The van der Waals surface area contributed by atoms with Crippen molar-refractivity contribution in [3.8, 4) is 0 Å². The molecule has 0 fully saturated rings. The predicted molar refractivity (Wildman–Crippen MR) is 148 cm³/mol. The summed E-state index contributed by atoms with van der Waals surface area (Å²) < 4.78 is 1.70. The third-order valence-corrected chi connectivity index (χ3v) is 7.76. The molecule has 2 aliphatic heterocycles. The molecule has 0 bridgehead atoms. The molecule has 2 atom stereocenters. The van der Waals surface area contributed by atoms with Gasteiger partial charge >= 0.3 is 0 Å². The van der Waals surface area contributed by atoms with E-state index in [1.165, 1.54) is 4.90 Å². The molecule has 4 aromatic rings. The molecule has 3 aromatic carbocycles. The highest BCUT2D eigenvalue weighted by Gasteiger charge is 2.51. The van der Waals surface area contributed by atoms with Crippen molar-refractivity contribution >= 4 is 39.6 Å². The Morgan fingerprint density at radius 2 is 1.87 bits per heavy atom. The molecule has 0 saturated carbocycles. The van der Waals surface area contributed by atoms with Crippen LogP contribution in [0.1, 0.15) is 35.0 Å². The van der Waals surface area contributed by atoms with E-state index in [0.29, 0.717) is 41.9 Å². The van der Waals surface area contributed by atoms with Crippen LogP contribution in [0.2, 0.25) is 0 Å². The topological polar surface area (TPSA) is 112 Å². The molecule has 0 spiro atoms. The molecule has 0 unspecified atom stereocenters. The van der Waals surface area contributed by atoms with Gasteiger partial charge in [-0.1, -0.05) is 48.6 Å². The summed E-state index contributed by atoms with van der Waals surface area (Å²) in [4.78, 5) is 30.0. The van der Waals surface area contributed by atoms with E-state index < -0.39 is 17.4 Å². The number of aryl methyl sites for hydroxylation is 1. The lowest BCUT2D eigenvalue weighted by atomic mass is 9.82. The van der Waals surface area contributed by atoms with Gasteiger partial charge in [-0.2, -0.15) is 0 Å². The Kier molecular flexibility index (Phi) is 6.05. The molecule has 9 nitrogen and oxygen atoms in total.